The molecule has 1 N–H and O–H groups in total. The van der Waals surface area contributed by atoms with Gasteiger partial charge in [0.15, 0.2) is 0 Å². The molecular formula is C17H26N2O. The fraction of sp³-hybridized carbons (Fsp3) is 0.588. The summed E-state index contributed by atoms with van der Waals surface area (Å²) in [6.07, 6.45) is 3.65. The number of amides is 1. The number of carbonyl (C=O) groups is 1. The predicted molar refractivity (Wildman–Crippen MR) is 82.5 cm³/mol. The van der Waals surface area contributed by atoms with Crippen LogP contribution >= 0.6 is 0 Å². The van der Waals surface area contributed by atoms with Crippen molar-refractivity contribution in [2.45, 2.75) is 51.6 Å². The van der Waals surface area contributed by atoms with Crippen molar-refractivity contribution in [3.8, 4) is 0 Å². The molecule has 0 spiro atoms. The van der Waals surface area contributed by atoms with Crippen LogP contribution in [-0.4, -0.2) is 29.4 Å². The molecule has 1 heterocycles. The second kappa shape index (κ2) is 6.40. The highest BCUT2D eigenvalue weighted by atomic mass is 16.2. The first-order chi connectivity index (χ1) is 9.47. The molecule has 0 radical (unpaired) electrons. The summed E-state index contributed by atoms with van der Waals surface area (Å²) >= 11 is 0. The van der Waals surface area contributed by atoms with E-state index in [1.165, 1.54) is 19.3 Å². The maximum Gasteiger partial charge on any atom is 0.242 e. The van der Waals surface area contributed by atoms with Crippen molar-refractivity contribution < 1.29 is 4.79 Å². The Morgan fingerprint density at radius 1 is 1.10 bits per heavy atom. The van der Waals surface area contributed by atoms with E-state index in [1.54, 1.807) is 0 Å². The van der Waals surface area contributed by atoms with E-state index in [-0.39, 0.29) is 17.5 Å². The molecule has 0 saturated carbocycles. The second-order valence-electron chi connectivity index (χ2n) is 6.65. The largest absolute Gasteiger partial charge is 0.350 e. The van der Waals surface area contributed by atoms with E-state index in [2.05, 4.69) is 22.3 Å². The number of benzene rings is 1. The number of piperidine rings is 1. The summed E-state index contributed by atoms with van der Waals surface area (Å²) in [6.45, 7) is 8.11. The van der Waals surface area contributed by atoms with Crippen LogP contribution in [0, 0.1) is 0 Å². The molecule has 1 amide bonds. The van der Waals surface area contributed by atoms with Crippen LogP contribution in [0.4, 0.5) is 0 Å². The quantitative estimate of drug-likeness (QED) is 0.918. The van der Waals surface area contributed by atoms with Gasteiger partial charge in [0.05, 0.1) is 0 Å². The molecule has 20 heavy (non-hydrogen) atoms. The third-order valence-electron chi connectivity index (χ3n) is 3.62. The Labute approximate surface area is 122 Å². The lowest BCUT2D eigenvalue weighted by molar-refractivity contribution is -0.128. The van der Waals surface area contributed by atoms with Gasteiger partial charge in [0.25, 0.3) is 0 Å². The van der Waals surface area contributed by atoms with E-state index in [0.717, 1.165) is 18.7 Å². The molecule has 0 aromatic heterocycles. The van der Waals surface area contributed by atoms with E-state index in [0.29, 0.717) is 0 Å². The van der Waals surface area contributed by atoms with Crippen LogP contribution in [0.1, 0.15) is 51.6 Å². The number of rotatable bonds is 3. The molecule has 1 aliphatic heterocycles. The van der Waals surface area contributed by atoms with Gasteiger partial charge in [-0.2, -0.15) is 0 Å². The monoisotopic (exact) mass is 274 g/mol. The fourth-order valence-electron chi connectivity index (χ4n) is 2.78. The van der Waals surface area contributed by atoms with E-state index < -0.39 is 0 Å². The Morgan fingerprint density at radius 2 is 1.70 bits per heavy atom. The molecule has 1 aromatic carbocycles. The van der Waals surface area contributed by atoms with Crippen LogP contribution in [-0.2, 0) is 4.79 Å². The minimum atomic E-state index is -0.195. The molecule has 1 saturated heterocycles. The number of hydrogen-bond donors (Lipinski definition) is 1. The standard InChI is InChI=1S/C17H26N2O/c1-17(2,3)18-16(20)15(14-10-6-4-7-11-14)19-12-8-5-9-13-19/h4,6-7,10-11,15H,5,8-9,12-13H2,1-3H3,(H,18,20). The minimum Gasteiger partial charge on any atom is -0.350 e. The summed E-state index contributed by atoms with van der Waals surface area (Å²) < 4.78 is 0. The first-order valence-corrected chi connectivity index (χ1v) is 7.58. The zero-order valence-corrected chi connectivity index (χ0v) is 12.9. The highest BCUT2D eigenvalue weighted by molar-refractivity contribution is 5.83. The SMILES string of the molecule is CC(C)(C)NC(=O)C(c1ccccc1)N1CCCCC1. The first kappa shape index (κ1) is 15.0. The Morgan fingerprint density at radius 3 is 2.25 bits per heavy atom. The lowest BCUT2D eigenvalue weighted by Gasteiger charge is -2.35. The molecule has 1 aliphatic rings. The molecule has 1 aromatic rings. The van der Waals surface area contributed by atoms with Gasteiger partial charge in [-0.25, -0.2) is 0 Å². The van der Waals surface area contributed by atoms with Gasteiger partial charge in [-0.05, 0) is 52.3 Å². The highest BCUT2D eigenvalue weighted by Gasteiger charge is 2.30. The Bertz CT molecular complexity index is 430. The van der Waals surface area contributed by atoms with Gasteiger partial charge in [-0.15, -0.1) is 0 Å². The molecule has 1 atom stereocenters. The smallest absolute Gasteiger partial charge is 0.242 e. The van der Waals surface area contributed by atoms with Crippen molar-refractivity contribution in [1.82, 2.24) is 10.2 Å². The summed E-state index contributed by atoms with van der Waals surface area (Å²) in [5.41, 5.74) is 0.899. The average molecular weight is 274 g/mol. The lowest BCUT2D eigenvalue weighted by Crippen LogP contribution is -2.48. The number of likely N-dealkylation sites (tertiary alicyclic amines) is 1. The van der Waals surface area contributed by atoms with Gasteiger partial charge >= 0.3 is 0 Å². The van der Waals surface area contributed by atoms with Crippen molar-refractivity contribution >= 4 is 5.91 Å². The van der Waals surface area contributed by atoms with Crippen LogP contribution in [0.15, 0.2) is 30.3 Å². The zero-order valence-electron chi connectivity index (χ0n) is 12.9. The molecule has 0 aliphatic carbocycles. The number of nitrogens with zero attached hydrogens (tertiary/aromatic N) is 1. The van der Waals surface area contributed by atoms with Crippen LogP contribution in [0.3, 0.4) is 0 Å². The highest BCUT2D eigenvalue weighted by Crippen LogP contribution is 2.25. The van der Waals surface area contributed by atoms with E-state index in [1.807, 2.05) is 39.0 Å². The topological polar surface area (TPSA) is 32.3 Å². The Hall–Kier alpha value is -1.35. The first-order valence-electron chi connectivity index (χ1n) is 7.58. The number of hydrogen-bond acceptors (Lipinski definition) is 2. The van der Waals surface area contributed by atoms with Crippen LogP contribution in [0.25, 0.3) is 0 Å². The van der Waals surface area contributed by atoms with Crippen molar-refractivity contribution in [3.63, 3.8) is 0 Å². The fourth-order valence-corrected chi connectivity index (χ4v) is 2.78. The van der Waals surface area contributed by atoms with Crippen molar-refractivity contribution in [2.24, 2.45) is 0 Å². The molecule has 110 valence electrons. The maximum absolute atomic E-state index is 12.7. The average Bonchev–Trinajstić information content (AvgIpc) is 2.39. The van der Waals surface area contributed by atoms with Crippen molar-refractivity contribution in [3.05, 3.63) is 35.9 Å². The zero-order chi connectivity index (χ0) is 14.6. The second-order valence-corrected chi connectivity index (χ2v) is 6.65. The van der Waals surface area contributed by atoms with E-state index >= 15 is 0 Å². The summed E-state index contributed by atoms with van der Waals surface area (Å²) in [7, 11) is 0. The third-order valence-corrected chi connectivity index (χ3v) is 3.62. The molecule has 1 fully saturated rings. The summed E-state index contributed by atoms with van der Waals surface area (Å²) in [6, 6.07) is 9.98. The van der Waals surface area contributed by atoms with Crippen molar-refractivity contribution in [2.75, 3.05) is 13.1 Å². The van der Waals surface area contributed by atoms with E-state index in [9.17, 15) is 4.79 Å². The lowest BCUT2D eigenvalue weighted by atomic mass is 9.99. The van der Waals surface area contributed by atoms with E-state index in [4.69, 9.17) is 0 Å². The van der Waals surface area contributed by atoms with Gasteiger partial charge in [0.2, 0.25) is 5.91 Å². The van der Waals surface area contributed by atoms with Crippen LogP contribution in [0.5, 0.6) is 0 Å². The summed E-state index contributed by atoms with van der Waals surface area (Å²) in [5.74, 6) is 0.116. The minimum absolute atomic E-state index is 0.116. The molecule has 3 nitrogen and oxygen atoms in total. The number of nitrogens with one attached hydrogen (secondary N) is 1. The van der Waals surface area contributed by atoms with Crippen LogP contribution in [0.2, 0.25) is 0 Å². The van der Waals surface area contributed by atoms with Gasteiger partial charge in [-0.3, -0.25) is 9.69 Å². The molecule has 0 bridgehead atoms. The molecular weight excluding hydrogens is 248 g/mol. The van der Waals surface area contributed by atoms with Gasteiger partial charge in [-0.1, -0.05) is 36.8 Å². The molecule has 1 unspecified atom stereocenters. The maximum atomic E-state index is 12.7. The van der Waals surface area contributed by atoms with Gasteiger partial charge in [0, 0.05) is 5.54 Å². The van der Waals surface area contributed by atoms with Crippen LogP contribution < -0.4 is 5.32 Å². The predicted octanol–water partition coefficient (Wildman–Crippen LogP) is 3.13. The molecule has 3 heteroatoms. The Balaban J connectivity index is 2.22. The normalized spacial score (nSPS) is 18.6. The summed E-state index contributed by atoms with van der Waals surface area (Å²) in [4.78, 5) is 15.0. The van der Waals surface area contributed by atoms with Gasteiger partial charge in [0.1, 0.15) is 6.04 Å². The summed E-state index contributed by atoms with van der Waals surface area (Å²) in [5, 5.41) is 3.13. The number of carbonyl (C=O) groups excluding carboxylic acids is 1. The van der Waals surface area contributed by atoms with Gasteiger partial charge < -0.3 is 5.32 Å². The van der Waals surface area contributed by atoms with Crippen molar-refractivity contribution in [1.29, 1.82) is 0 Å². The Kier molecular flexibility index (Phi) is 4.81. The third kappa shape index (κ3) is 4.07. The molecule has 2 rings (SSSR count).